The Balaban J connectivity index is 2.90. The molecule has 0 aliphatic rings. The summed E-state index contributed by atoms with van der Waals surface area (Å²) in [7, 11) is 0. The Bertz CT molecular complexity index is 650. The van der Waals surface area contributed by atoms with E-state index in [1.54, 1.807) is 0 Å². The van der Waals surface area contributed by atoms with E-state index in [-0.39, 0.29) is 5.41 Å². The molecule has 1 rings (SSSR count). The molecule has 198 valence electrons. The molecule has 34 heavy (non-hydrogen) atoms. The lowest BCUT2D eigenvalue weighted by Gasteiger charge is -2.43. The minimum Gasteiger partial charge on any atom is -0.508 e. The van der Waals surface area contributed by atoms with Gasteiger partial charge < -0.3 is 5.11 Å². The molecule has 3 atom stereocenters. The van der Waals surface area contributed by atoms with Gasteiger partial charge in [-0.15, -0.1) is 0 Å². The lowest BCUT2D eigenvalue weighted by molar-refractivity contribution is 0.0810. The van der Waals surface area contributed by atoms with Crippen molar-refractivity contribution in [2.75, 3.05) is 0 Å². The maximum atomic E-state index is 9.72. The van der Waals surface area contributed by atoms with Gasteiger partial charge in [-0.3, -0.25) is 0 Å². The molecule has 0 saturated heterocycles. The van der Waals surface area contributed by atoms with E-state index < -0.39 is 0 Å². The quantitative estimate of drug-likeness (QED) is 0.267. The molecule has 0 aliphatic carbocycles. The summed E-state index contributed by atoms with van der Waals surface area (Å²) >= 11 is 0. The van der Waals surface area contributed by atoms with Gasteiger partial charge in [-0.2, -0.15) is 0 Å². The monoisotopic (exact) mass is 472 g/mol. The molecule has 0 radical (unpaired) electrons. The highest BCUT2D eigenvalue weighted by Gasteiger charge is 2.36. The van der Waals surface area contributed by atoms with Gasteiger partial charge >= 0.3 is 0 Å². The summed E-state index contributed by atoms with van der Waals surface area (Å²) in [4.78, 5) is 0. The number of rotatable bonds is 14. The van der Waals surface area contributed by atoms with Crippen LogP contribution in [-0.4, -0.2) is 5.11 Å². The predicted molar refractivity (Wildman–Crippen MR) is 152 cm³/mol. The highest BCUT2D eigenvalue weighted by molar-refractivity contribution is 5.26. The van der Waals surface area contributed by atoms with E-state index in [0.29, 0.717) is 28.4 Å². The normalized spacial score (nSPS) is 15.8. The van der Waals surface area contributed by atoms with E-state index in [0.717, 1.165) is 12.3 Å². The molecular weight excluding hydrogens is 412 g/mol. The smallest absolute Gasteiger partial charge is 0.115 e. The van der Waals surface area contributed by atoms with Gasteiger partial charge in [0.1, 0.15) is 5.75 Å². The number of hydrogen-bond acceptors (Lipinski definition) is 1. The van der Waals surface area contributed by atoms with Crippen LogP contribution in [0.1, 0.15) is 139 Å². The van der Waals surface area contributed by atoms with Gasteiger partial charge in [-0.25, -0.2) is 0 Å². The average molecular weight is 473 g/mol. The van der Waals surface area contributed by atoms with Crippen molar-refractivity contribution in [3.63, 3.8) is 0 Å². The first-order valence-electron chi connectivity index (χ1n) is 14.4. The number of hydrogen-bond donors (Lipinski definition) is 1. The Kier molecular flexibility index (Phi) is 12.7. The van der Waals surface area contributed by atoms with Gasteiger partial charge in [-0.1, -0.05) is 126 Å². The molecule has 0 aromatic heterocycles. The summed E-state index contributed by atoms with van der Waals surface area (Å²) < 4.78 is 0. The van der Waals surface area contributed by atoms with Crippen LogP contribution in [0.4, 0.5) is 0 Å². The van der Waals surface area contributed by atoms with Crippen LogP contribution in [0.3, 0.4) is 0 Å². The Labute approximate surface area is 214 Å². The largest absolute Gasteiger partial charge is 0.508 e. The van der Waals surface area contributed by atoms with Crippen LogP contribution in [0.25, 0.3) is 0 Å². The third-order valence-corrected chi connectivity index (χ3v) is 8.39. The summed E-state index contributed by atoms with van der Waals surface area (Å²) in [6.45, 7) is 24.3. The summed E-state index contributed by atoms with van der Waals surface area (Å²) in [6, 6.07) is 7.90. The highest BCUT2D eigenvalue weighted by Crippen LogP contribution is 2.46. The van der Waals surface area contributed by atoms with Gasteiger partial charge in [0.15, 0.2) is 0 Å². The van der Waals surface area contributed by atoms with Gasteiger partial charge in [0.25, 0.3) is 0 Å². The first-order valence-corrected chi connectivity index (χ1v) is 14.4. The fraction of sp³-hybridized carbons (Fsp3) is 0.818. The number of phenolic OH excluding ortho intramolecular Hbond substituents is 1. The van der Waals surface area contributed by atoms with Gasteiger partial charge in [0.2, 0.25) is 0 Å². The van der Waals surface area contributed by atoms with Crippen molar-refractivity contribution in [3.8, 4) is 5.75 Å². The second-order valence-electron chi connectivity index (χ2n) is 14.4. The molecular formula is C33H60O. The van der Waals surface area contributed by atoms with Crippen LogP contribution in [0.15, 0.2) is 24.3 Å². The van der Waals surface area contributed by atoms with Crippen molar-refractivity contribution in [2.24, 2.45) is 34.0 Å². The molecule has 0 fully saturated rings. The molecule has 1 aromatic carbocycles. The molecule has 0 amide bonds. The van der Waals surface area contributed by atoms with Gasteiger partial charge in [0, 0.05) is 0 Å². The van der Waals surface area contributed by atoms with E-state index in [2.05, 4.69) is 81.4 Å². The first-order chi connectivity index (χ1) is 15.6. The summed E-state index contributed by atoms with van der Waals surface area (Å²) in [5.74, 6) is 2.48. The van der Waals surface area contributed by atoms with Gasteiger partial charge in [-0.05, 0) is 77.4 Å². The van der Waals surface area contributed by atoms with Crippen LogP contribution in [-0.2, 0) is 6.42 Å². The second-order valence-corrected chi connectivity index (χ2v) is 14.4. The SMILES string of the molecule is CCCCCCCCCC(CC(CC(Cc1ccc(O)cc1)C(C)(C)C)C(C)(C)C)C(C)(C)C. The number of benzene rings is 1. The summed E-state index contributed by atoms with van der Waals surface area (Å²) in [6.07, 6.45) is 14.9. The van der Waals surface area contributed by atoms with Crippen molar-refractivity contribution in [1.82, 2.24) is 0 Å². The second kappa shape index (κ2) is 13.9. The topological polar surface area (TPSA) is 20.2 Å². The molecule has 1 nitrogen and oxygen atoms in total. The maximum Gasteiger partial charge on any atom is 0.115 e. The van der Waals surface area contributed by atoms with Crippen molar-refractivity contribution < 1.29 is 5.11 Å². The third kappa shape index (κ3) is 12.1. The third-order valence-electron chi connectivity index (χ3n) is 8.39. The van der Waals surface area contributed by atoms with Crippen LogP contribution >= 0.6 is 0 Å². The maximum absolute atomic E-state index is 9.72. The molecule has 3 unspecified atom stereocenters. The van der Waals surface area contributed by atoms with Crippen molar-refractivity contribution in [1.29, 1.82) is 0 Å². The molecule has 0 heterocycles. The van der Waals surface area contributed by atoms with Crippen LogP contribution in [0, 0.1) is 34.0 Å². The first kappa shape index (κ1) is 31.1. The van der Waals surface area contributed by atoms with Crippen molar-refractivity contribution in [2.45, 2.75) is 140 Å². The molecule has 0 bridgehead atoms. The minimum absolute atomic E-state index is 0.261. The Hall–Kier alpha value is -0.980. The van der Waals surface area contributed by atoms with Crippen LogP contribution in [0.2, 0.25) is 0 Å². The molecule has 1 heteroatoms. The highest BCUT2D eigenvalue weighted by atomic mass is 16.3. The van der Waals surface area contributed by atoms with E-state index in [4.69, 9.17) is 0 Å². The lowest BCUT2D eigenvalue weighted by atomic mass is 9.63. The van der Waals surface area contributed by atoms with Crippen molar-refractivity contribution in [3.05, 3.63) is 29.8 Å². The molecule has 0 saturated carbocycles. The van der Waals surface area contributed by atoms with E-state index in [1.165, 1.54) is 69.8 Å². The zero-order chi connectivity index (χ0) is 26.0. The molecule has 1 aromatic rings. The van der Waals surface area contributed by atoms with E-state index >= 15 is 0 Å². The zero-order valence-corrected chi connectivity index (χ0v) is 24.8. The fourth-order valence-corrected chi connectivity index (χ4v) is 5.40. The lowest BCUT2D eigenvalue weighted by Crippen LogP contribution is -2.34. The van der Waals surface area contributed by atoms with Gasteiger partial charge in [0.05, 0.1) is 0 Å². The van der Waals surface area contributed by atoms with Crippen LogP contribution in [0.5, 0.6) is 5.75 Å². The number of unbranched alkanes of at least 4 members (excludes halogenated alkanes) is 6. The molecule has 0 aliphatic heterocycles. The van der Waals surface area contributed by atoms with Crippen molar-refractivity contribution >= 4 is 0 Å². The molecule has 1 N–H and O–H groups in total. The van der Waals surface area contributed by atoms with Crippen LogP contribution < -0.4 is 0 Å². The zero-order valence-electron chi connectivity index (χ0n) is 24.8. The standard InChI is InChI=1S/C33H60O/c1-11-12-13-14-15-16-17-18-27(31(2,3)4)24-29(33(8,9)10)25-28(32(5,6)7)23-26-19-21-30(34)22-20-26/h19-22,27-29,34H,11-18,23-25H2,1-10H3. The van der Waals surface area contributed by atoms with E-state index in [9.17, 15) is 5.11 Å². The number of phenols is 1. The Morgan fingerprint density at radius 3 is 1.50 bits per heavy atom. The Morgan fingerprint density at radius 2 is 1.03 bits per heavy atom. The summed E-state index contributed by atoms with van der Waals surface area (Å²) in [5, 5.41) is 9.72. The predicted octanol–water partition coefficient (Wildman–Crippen LogP) is 10.8. The minimum atomic E-state index is 0.261. The Morgan fingerprint density at radius 1 is 0.588 bits per heavy atom. The number of aromatic hydroxyl groups is 1. The summed E-state index contributed by atoms with van der Waals surface area (Å²) in [5.41, 5.74) is 2.28. The average Bonchev–Trinajstić information content (AvgIpc) is 2.69. The fourth-order valence-electron chi connectivity index (χ4n) is 5.40. The van der Waals surface area contributed by atoms with E-state index in [1.807, 2.05) is 12.1 Å². The molecule has 0 spiro atoms.